The zero-order valence-corrected chi connectivity index (χ0v) is 59.3. The van der Waals surface area contributed by atoms with E-state index in [-0.39, 0.29) is 22.1 Å². The highest BCUT2D eigenvalue weighted by Gasteiger charge is 2.31. The van der Waals surface area contributed by atoms with Crippen LogP contribution >= 0.6 is 11.6 Å². The second-order valence-corrected chi connectivity index (χ2v) is 25.6. The number of amides is 6. The van der Waals surface area contributed by atoms with Gasteiger partial charge in [0, 0.05) is 135 Å². The van der Waals surface area contributed by atoms with E-state index < -0.39 is 47.3 Å². The predicted molar refractivity (Wildman–Crippen MR) is 404 cm³/mol. The maximum absolute atomic E-state index is 13.6. The number of anilines is 6. The van der Waals surface area contributed by atoms with Crippen LogP contribution in [0.4, 0.5) is 74.9 Å². The molecule has 31 heteroatoms. The molecule has 0 radical (unpaired) electrons. The zero-order valence-electron chi connectivity index (χ0n) is 58.6. The molecule has 9 aromatic carbocycles. The minimum Gasteiger partial charge on any atom is -0.457 e. The first-order valence-electron chi connectivity index (χ1n) is 34.7. The summed E-state index contributed by atoms with van der Waals surface area (Å²) < 4.78 is 113. The Hall–Kier alpha value is -12.2. The van der Waals surface area contributed by atoms with Gasteiger partial charge in [-0.25, -0.2) is 42.5 Å². The molecular weight excluding hydrogens is 1450 g/mol. The summed E-state index contributed by atoms with van der Waals surface area (Å²) in [5.74, 6) is 0.551. The Morgan fingerprint density at radius 3 is 1.03 bits per heavy atom. The van der Waals surface area contributed by atoms with Gasteiger partial charge in [-0.15, -0.1) is 0 Å². The number of carbonyl (C=O) groups is 3. The Morgan fingerprint density at radius 2 is 0.682 bits per heavy atom. The monoisotopic (exact) mass is 1520 g/mol. The molecule has 24 nitrogen and oxygen atoms in total. The Balaban J connectivity index is 0.000000145. The summed E-state index contributed by atoms with van der Waals surface area (Å²) in [7, 11) is 0. The number of benzene rings is 9. The standard InChI is InChI=1S/C27H24F3N5O3.C26H23ClFN5O3.C26H23F2N5O3/c28-27(29,30)18-3-1-4-19(13-18)33-26(36)34-20-5-2-6-22(14-20)38-23-7-8-24-25(15-23)32-21(16-31-24)17-35-9-11-37-12-10-35;2*27-22-6-4-18(13-23(22)28)32-26(34)31-17-2-1-3-20(12-17)36-21-5-7-24-25(14-21)30-19(15-29-24)16-33-8-10-35-11-9-33/h1-8,13-16H,9-12,17H2,(H2,33,34,36);2*1-7,12-15H,8-11,16H2,(H2,31,32,34). The van der Waals surface area contributed by atoms with E-state index in [4.69, 9.17) is 55.0 Å². The molecule has 0 spiro atoms. The average Bonchev–Trinajstić information content (AvgIpc) is 0.834. The fraction of sp³-hybridized carbons (Fsp3) is 0.203. The Bertz CT molecular complexity index is 5040. The van der Waals surface area contributed by atoms with Crippen LogP contribution in [-0.4, -0.2) is 142 Å². The molecule has 3 aromatic heterocycles. The van der Waals surface area contributed by atoms with Gasteiger partial charge >= 0.3 is 24.3 Å². The normalized spacial score (nSPS) is 14.1. The number of carbonyl (C=O) groups excluding carboxylic acids is 3. The molecule has 564 valence electrons. The first kappa shape index (κ1) is 76.1. The molecule has 0 unspecified atom stereocenters. The number of hydrogen-bond acceptors (Lipinski definition) is 18. The van der Waals surface area contributed by atoms with Gasteiger partial charge in [-0.1, -0.05) is 35.9 Å². The van der Waals surface area contributed by atoms with Gasteiger partial charge in [0.15, 0.2) is 11.6 Å². The molecule has 3 aliphatic rings. The molecule has 0 atom stereocenters. The predicted octanol–water partition coefficient (Wildman–Crippen LogP) is 16.8. The van der Waals surface area contributed by atoms with Crippen molar-refractivity contribution in [2.24, 2.45) is 0 Å². The number of urea groups is 3. The van der Waals surface area contributed by atoms with E-state index in [9.17, 15) is 40.7 Å². The molecule has 6 amide bonds. The minimum absolute atomic E-state index is 0.0150. The summed E-state index contributed by atoms with van der Waals surface area (Å²) in [6.45, 7) is 11.6. The topological polar surface area (TPSA) is 266 Å². The lowest BCUT2D eigenvalue weighted by Gasteiger charge is -2.26. The summed E-state index contributed by atoms with van der Waals surface area (Å²) in [5.41, 5.74) is 8.01. The van der Waals surface area contributed by atoms with Crippen molar-refractivity contribution in [3.8, 4) is 34.5 Å². The Labute approximate surface area is 630 Å². The maximum atomic E-state index is 13.6. The van der Waals surface area contributed by atoms with Gasteiger partial charge in [0.2, 0.25) is 0 Å². The summed E-state index contributed by atoms with van der Waals surface area (Å²) in [4.78, 5) is 71.5. The highest BCUT2D eigenvalue weighted by atomic mass is 35.5. The fourth-order valence-corrected chi connectivity index (χ4v) is 11.7. The molecule has 6 heterocycles. The van der Waals surface area contributed by atoms with Crippen LogP contribution in [0.15, 0.2) is 207 Å². The van der Waals surface area contributed by atoms with Crippen LogP contribution in [0.25, 0.3) is 33.1 Å². The molecule has 0 bridgehead atoms. The summed E-state index contributed by atoms with van der Waals surface area (Å²) in [6, 6.07) is 46.5. The molecule has 3 saturated heterocycles. The van der Waals surface area contributed by atoms with Crippen molar-refractivity contribution in [1.29, 1.82) is 0 Å². The molecule has 3 fully saturated rings. The lowest BCUT2D eigenvalue weighted by Crippen LogP contribution is -2.35. The van der Waals surface area contributed by atoms with Crippen molar-refractivity contribution < 1.29 is 69.1 Å². The Kier molecular flexibility index (Phi) is 25.0. The number of rotatable bonds is 18. The lowest BCUT2D eigenvalue weighted by molar-refractivity contribution is -0.137. The van der Waals surface area contributed by atoms with Crippen molar-refractivity contribution >= 4 is 96.9 Å². The van der Waals surface area contributed by atoms with E-state index in [0.717, 1.165) is 147 Å². The first-order chi connectivity index (χ1) is 53.3. The van der Waals surface area contributed by atoms with Gasteiger partial charge in [-0.05, 0) is 121 Å². The summed E-state index contributed by atoms with van der Waals surface area (Å²) in [5, 5.41) is 15.4. The second kappa shape index (κ2) is 36.2. The highest BCUT2D eigenvalue weighted by Crippen LogP contribution is 2.34. The lowest BCUT2D eigenvalue weighted by atomic mass is 10.2. The number of nitrogens with one attached hydrogen (secondary N) is 6. The third kappa shape index (κ3) is 22.0. The quantitative estimate of drug-likeness (QED) is 0.0436. The third-order valence-electron chi connectivity index (χ3n) is 16.9. The van der Waals surface area contributed by atoms with Gasteiger partial charge < -0.3 is 60.3 Å². The van der Waals surface area contributed by atoms with E-state index in [1.807, 2.05) is 36.4 Å². The molecule has 110 heavy (non-hydrogen) atoms. The van der Waals surface area contributed by atoms with Crippen molar-refractivity contribution in [1.82, 2.24) is 44.6 Å². The van der Waals surface area contributed by atoms with Crippen LogP contribution in [0.3, 0.4) is 0 Å². The molecule has 0 saturated carbocycles. The summed E-state index contributed by atoms with van der Waals surface area (Å²) >= 11 is 5.68. The van der Waals surface area contributed by atoms with E-state index >= 15 is 0 Å². The zero-order chi connectivity index (χ0) is 76.4. The minimum atomic E-state index is -4.50. The Morgan fingerprint density at radius 1 is 0.364 bits per heavy atom. The van der Waals surface area contributed by atoms with Gasteiger partial charge in [-0.2, -0.15) is 13.2 Å². The van der Waals surface area contributed by atoms with Crippen LogP contribution in [-0.2, 0) is 40.0 Å². The van der Waals surface area contributed by atoms with E-state index in [1.165, 1.54) is 30.3 Å². The van der Waals surface area contributed by atoms with Crippen LogP contribution in [0.5, 0.6) is 34.5 Å². The van der Waals surface area contributed by atoms with E-state index in [1.54, 1.807) is 110 Å². The average molecular weight is 1520 g/mol. The smallest absolute Gasteiger partial charge is 0.416 e. The number of hydrogen-bond donors (Lipinski definition) is 6. The molecule has 6 N–H and O–H groups in total. The van der Waals surface area contributed by atoms with Gasteiger partial charge in [0.1, 0.15) is 40.3 Å². The molecule has 0 aliphatic carbocycles. The molecule has 3 aliphatic heterocycles. The SMILES string of the molecule is O=C(Nc1cccc(Oc2ccc3ncc(CN4CCOCC4)nc3c2)c1)Nc1ccc(Cl)c(F)c1.O=C(Nc1cccc(Oc2ccc3ncc(CN4CCOCC4)nc3c2)c1)Nc1ccc(F)c(F)c1.O=C(Nc1cccc(Oc2ccc3ncc(CN4CCOCC4)nc3c2)c1)Nc1cccc(C(F)(F)F)c1. The first-order valence-corrected chi connectivity index (χ1v) is 35.1. The highest BCUT2D eigenvalue weighted by molar-refractivity contribution is 6.30. The number of fused-ring (bicyclic) bond motifs is 3. The third-order valence-corrected chi connectivity index (χ3v) is 17.3. The van der Waals surface area contributed by atoms with E-state index in [2.05, 4.69) is 61.6 Å². The number of aromatic nitrogens is 6. The number of halogens is 7. The van der Waals surface area contributed by atoms with Crippen LogP contribution in [0, 0.1) is 17.5 Å². The van der Waals surface area contributed by atoms with Crippen LogP contribution in [0.2, 0.25) is 5.02 Å². The van der Waals surface area contributed by atoms with Crippen LogP contribution in [0.1, 0.15) is 22.6 Å². The molecule has 12 aromatic rings. The van der Waals surface area contributed by atoms with Crippen molar-refractivity contribution in [2.45, 2.75) is 25.8 Å². The van der Waals surface area contributed by atoms with Crippen molar-refractivity contribution in [2.75, 3.05) is 111 Å². The van der Waals surface area contributed by atoms with Gasteiger partial charge in [0.05, 0.1) is 119 Å². The largest absolute Gasteiger partial charge is 0.457 e. The molecular formula is C79H70ClF6N15O9. The fourth-order valence-electron chi connectivity index (χ4n) is 11.6. The number of nitrogens with zero attached hydrogens (tertiary/aromatic N) is 9. The van der Waals surface area contributed by atoms with Gasteiger partial charge in [-0.3, -0.25) is 29.7 Å². The number of alkyl halides is 3. The number of ether oxygens (including phenoxy) is 6. The second-order valence-electron chi connectivity index (χ2n) is 25.2. The van der Waals surface area contributed by atoms with E-state index in [0.29, 0.717) is 83.4 Å². The van der Waals surface area contributed by atoms with Crippen molar-refractivity contribution in [3.05, 3.63) is 252 Å². The summed E-state index contributed by atoms with van der Waals surface area (Å²) in [6.07, 6.45) is 0.867. The maximum Gasteiger partial charge on any atom is 0.416 e. The van der Waals surface area contributed by atoms with Crippen LogP contribution < -0.4 is 46.1 Å². The molecule has 15 rings (SSSR count). The van der Waals surface area contributed by atoms with Gasteiger partial charge in [0.25, 0.3) is 0 Å². The van der Waals surface area contributed by atoms with Crippen molar-refractivity contribution in [3.63, 3.8) is 0 Å². The number of morpholine rings is 3.